The van der Waals surface area contributed by atoms with Crippen LogP contribution < -0.4 is 10.1 Å². The summed E-state index contributed by atoms with van der Waals surface area (Å²) in [7, 11) is 1.69. The number of hydrogen-bond acceptors (Lipinski definition) is 5. The monoisotopic (exact) mass is 301 g/mol. The fourth-order valence-corrected chi connectivity index (χ4v) is 3.04. The van der Waals surface area contributed by atoms with Crippen molar-refractivity contribution < 1.29 is 4.74 Å². The van der Waals surface area contributed by atoms with E-state index in [-0.39, 0.29) is 0 Å². The maximum absolute atomic E-state index is 5.41. The van der Waals surface area contributed by atoms with Crippen LogP contribution in [0.4, 0.5) is 5.82 Å². The number of methoxy groups -OCH3 is 1. The maximum atomic E-state index is 5.41. The maximum Gasteiger partial charge on any atom is 0.135 e. The summed E-state index contributed by atoms with van der Waals surface area (Å²) < 4.78 is 5.41. The molecular formula is C16H19N3OS. The van der Waals surface area contributed by atoms with Crippen molar-refractivity contribution in [1.82, 2.24) is 9.97 Å². The third kappa shape index (κ3) is 3.47. The summed E-state index contributed by atoms with van der Waals surface area (Å²) in [5.74, 6) is 3.29. The molecule has 0 atom stereocenters. The van der Waals surface area contributed by atoms with Crippen LogP contribution in [0.1, 0.15) is 31.5 Å². The van der Waals surface area contributed by atoms with Gasteiger partial charge in [-0.2, -0.15) is 0 Å². The van der Waals surface area contributed by atoms with E-state index >= 15 is 0 Å². The van der Waals surface area contributed by atoms with E-state index in [1.165, 1.54) is 12.8 Å². The van der Waals surface area contributed by atoms with E-state index < -0.39 is 0 Å². The summed E-state index contributed by atoms with van der Waals surface area (Å²) >= 11 is 1.62. The molecule has 0 bridgehead atoms. The van der Waals surface area contributed by atoms with Gasteiger partial charge < -0.3 is 10.1 Å². The molecule has 1 fully saturated rings. The molecule has 110 valence electrons. The highest BCUT2D eigenvalue weighted by atomic mass is 32.2. The Hall–Kier alpha value is -1.75. The van der Waals surface area contributed by atoms with Crippen molar-refractivity contribution in [3.63, 3.8) is 0 Å². The van der Waals surface area contributed by atoms with Gasteiger partial charge >= 0.3 is 0 Å². The summed E-state index contributed by atoms with van der Waals surface area (Å²) in [6.45, 7) is 2.94. The molecule has 0 spiro atoms. The molecule has 1 N–H and O–H groups in total. The lowest BCUT2D eigenvalue weighted by Gasteiger charge is -2.10. The van der Waals surface area contributed by atoms with Gasteiger partial charge in [-0.15, -0.1) is 0 Å². The molecule has 0 amide bonds. The summed E-state index contributed by atoms with van der Waals surface area (Å²) in [4.78, 5) is 10.4. The third-order valence-corrected chi connectivity index (χ3v) is 4.28. The van der Waals surface area contributed by atoms with Crippen LogP contribution in [0.3, 0.4) is 0 Å². The van der Waals surface area contributed by atoms with Crippen LogP contribution in [0, 0.1) is 0 Å². The predicted molar refractivity (Wildman–Crippen MR) is 85.3 cm³/mol. The van der Waals surface area contributed by atoms with Crippen LogP contribution in [0.25, 0.3) is 0 Å². The Morgan fingerprint density at radius 3 is 2.81 bits per heavy atom. The summed E-state index contributed by atoms with van der Waals surface area (Å²) in [6.07, 6.45) is 2.41. The standard InChI is InChI=1S/C16H19N3OS/c1-3-17-14-10-15(19-16(18-14)11-8-9-11)21-13-7-5-4-6-12(13)20-2/h4-7,10-11H,3,8-9H2,1-2H3,(H,17,18,19). The molecular weight excluding hydrogens is 282 g/mol. The molecule has 1 aliphatic rings. The number of ether oxygens (including phenoxy) is 1. The first-order chi connectivity index (χ1) is 10.3. The zero-order valence-corrected chi connectivity index (χ0v) is 13.1. The van der Waals surface area contributed by atoms with Crippen molar-refractivity contribution in [2.45, 2.75) is 35.6 Å². The molecule has 4 nitrogen and oxygen atoms in total. The molecule has 0 radical (unpaired) electrons. The number of aromatic nitrogens is 2. The normalized spacial score (nSPS) is 14.0. The number of rotatable bonds is 6. The van der Waals surface area contributed by atoms with Crippen LogP contribution in [0.15, 0.2) is 40.3 Å². The van der Waals surface area contributed by atoms with Gasteiger partial charge in [-0.3, -0.25) is 0 Å². The lowest BCUT2D eigenvalue weighted by molar-refractivity contribution is 0.405. The summed E-state index contributed by atoms with van der Waals surface area (Å²) in [6, 6.07) is 10.0. The Labute approximate surface area is 129 Å². The highest BCUT2D eigenvalue weighted by Crippen LogP contribution is 2.40. The lowest BCUT2D eigenvalue weighted by atomic mass is 10.3. The van der Waals surface area contributed by atoms with Gasteiger partial charge in [-0.25, -0.2) is 9.97 Å². The van der Waals surface area contributed by atoms with Crippen LogP contribution in [0.5, 0.6) is 5.75 Å². The fourth-order valence-electron chi connectivity index (χ4n) is 2.11. The summed E-state index contributed by atoms with van der Waals surface area (Å²) in [5.41, 5.74) is 0. The minimum atomic E-state index is 0.542. The highest BCUT2D eigenvalue weighted by molar-refractivity contribution is 7.99. The van der Waals surface area contributed by atoms with E-state index in [9.17, 15) is 0 Å². The Bertz CT molecular complexity index is 629. The van der Waals surface area contributed by atoms with Gasteiger partial charge in [0.25, 0.3) is 0 Å². The first-order valence-corrected chi connectivity index (χ1v) is 8.05. The molecule has 0 aliphatic heterocycles. The average Bonchev–Trinajstić information content (AvgIpc) is 3.32. The van der Waals surface area contributed by atoms with E-state index in [1.54, 1.807) is 18.9 Å². The molecule has 1 saturated carbocycles. The van der Waals surface area contributed by atoms with E-state index in [1.807, 2.05) is 24.3 Å². The van der Waals surface area contributed by atoms with Gasteiger partial charge in [0.1, 0.15) is 22.4 Å². The van der Waals surface area contributed by atoms with E-state index in [0.29, 0.717) is 5.92 Å². The molecule has 1 aromatic carbocycles. The topological polar surface area (TPSA) is 47.0 Å². The third-order valence-electron chi connectivity index (χ3n) is 3.30. The highest BCUT2D eigenvalue weighted by Gasteiger charge is 2.27. The molecule has 3 rings (SSSR count). The quantitative estimate of drug-likeness (QED) is 0.819. The molecule has 0 saturated heterocycles. The van der Waals surface area contributed by atoms with E-state index in [4.69, 9.17) is 9.72 Å². The Morgan fingerprint density at radius 2 is 2.10 bits per heavy atom. The first-order valence-electron chi connectivity index (χ1n) is 7.24. The number of benzene rings is 1. The number of hydrogen-bond donors (Lipinski definition) is 1. The van der Waals surface area contributed by atoms with E-state index in [2.05, 4.69) is 23.3 Å². The van der Waals surface area contributed by atoms with Gasteiger partial charge in [0, 0.05) is 18.5 Å². The number of nitrogens with one attached hydrogen (secondary N) is 1. The van der Waals surface area contributed by atoms with Crippen LogP contribution >= 0.6 is 11.8 Å². The second-order valence-electron chi connectivity index (χ2n) is 5.01. The van der Waals surface area contributed by atoms with Gasteiger partial charge in [-0.1, -0.05) is 23.9 Å². The molecule has 0 unspecified atom stereocenters. The van der Waals surface area contributed by atoms with Crippen LogP contribution in [-0.2, 0) is 0 Å². The second kappa shape index (κ2) is 6.35. The van der Waals surface area contributed by atoms with Crippen molar-refractivity contribution in [1.29, 1.82) is 0 Å². The fraction of sp³-hybridized carbons (Fsp3) is 0.375. The smallest absolute Gasteiger partial charge is 0.135 e. The van der Waals surface area contributed by atoms with Gasteiger partial charge in [-0.05, 0) is 31.9 Å². The first kappa shape index (κ1) is 14.2. The Balaban J connectivity index is 1.89. The zero-order valence-electron chi connectivity index (χ0n) is 12.3. The van der Waals surface area contributed by atoms with Gasteiger partial charge in [0.05, 0.1) is 12.0 Å². The minimum Gasteiger partial charge on any atom is -0.496 e. The van der Waals surface area contributed by atoms with Gasteiger partial charge in [0.15, 0.2) is 0 Å². The van der Waals surface area contributed by atoms with Crippen molar-refractivity contribution in [2.24, 2.45) is 0 Å². The lowest BCUT2D eigenvalue weighted by Crippen LogP contribution is -2.03. The van der Waals surface area contributed by atoms with Crippen LogP contribution in [-0.4, -0.2) is 23.6 Å². The van der Waals surface area contributed by atoms with E-state index in [0.717, 1.165) is 33.9 Å². The predicted octanol–water partition coefficient (Wildman–Crippen LogP) is 3.95. The van der Waals surface area contributed by atoms with Crippen molar-refractivity contribution in [3.8, 4) is 5.75 Å². The molecule has 1 aromatic heterocycles. The average molecular weight is 301 g/mol. The zero-order chi connectivity index (χ0) is 14.7. The molecule has 21 heavy (non-hydrogen) atoms. The Kier molecular flexibility index (Phi) is 4.29. The van der Waals surface area contributed by atoms with Crippen molar-refractivity contribution in [3.05, 3.63) is 36.2 Å². The minimum absolute atomic E-state index is 0.542. The molecule has 2 aromatic rings. The molecule has 5 heteroatoms. The number of anilines is 1. The van der Waals surface area contributed by atoms with Crippen LogP contribution in [0.2, 0.25) is 0 Å². The SMILES string of the molecule is CCNc1cc(Sc2ccccc2OC)nc(C2CC2)n1. The second-order valence-corrected chi connectivity index (χ2v) is 6.07. The van der Waals surface area contributed by atoms with Crippen molar-refractivity contribution >= 4 is 17.6 Å². The largest absolute Gasteiger partial charge is 0.496 e. The van der Waals surface area contributed by atoms with Crippen molar-refractivity contribution in [2.75, 3.05) is 19.0 Å². The summed E-state index contributed by atoms with van der Waals surface area (Å²) in [5, 5.41) is 4.25. The Morgan fingerprint density at radius 1 is 1.29 bits per heavy atom. The number of para-hydroxylation sites is 1. The molecule has 1 heterocycles. The molecule has 1 aliphatic carbocycles. The van der Waals surface area contributed by atoms with Gasteiger partial charge in [0.2, 0.25) is 0 Å². The number of nitrogens with zero attached hydrogens (tertiary/aromatic N) is 2.